The van der Waals surface area contributed by atoms with Crippen LogP contribution in [0.25, 0.3) is 11.1 Å². The van der Waals surface area contributed by atoms with Crippen LogP contribution in [0.2, 0.25) is 0 Å². The van der Waals surface area contributed by atoms with E-state index in [1.54, 1.807) is 0 Å². The minimum Gasteiger partial charge on any atom is -0.378 e. The van der Waals surface area contributed by atoms with Gasteiger partial charge < -0.3 is 24.4 Å². The van der Waals surface area contributed by atoms with Crippen molar-refractivity contribution in [3.05, 3.63) is 65.0 Å². The summed E-state index contributed by atoms with van der Waals surface area (Å²) in [5, 5.41) is 0. The van der Waals surface area contributed by atoms with Crippen molar-refractivity contribution in [2.75, 3.05) is 62.3 Å². The molecule has 7 nitrogen and oxygen atoms in total. The van der Waals surface area contributed by atoms with E-state index in [0.717, 1.165) is 53.3 Å². The zero-order valence-electron chi connectivity index (χ0n) is 17.8. The maximum atomic E-state index is 13.6. The normalized spacial score (nSPS) is 17.0. The molecule has 1 amide bonds. The quantitative estimate of drug-likeness (QED) is 0.598. The summed E-state index contributed by atoms with van der Waals surface area (Å²) in [6.07, 6.45) is 3.77. The van der Waals surface area contributed by atoms with Gasteiger partial charge >= 0.3 is 0 Å². The van der Waals surface area contributed by atoms with E-state index in [9.17, 15) is 4.79 Å². The summed E-state index contributed by atoms with van der Waals surface area (Å²) < 4.78 is 6.60. The Morgan fingerprint density at radius 2 is 1.69 bits per heavy atom. The number of carbonyl (C=O) groups is 1. The molecule has 2 saturated heterocycles. The molecule has 2 aromatic heterocycles. The van der Waals surface area contributed by atoms with E-state index in [0.29, 0.717) is 32.0 Å². The molecular weight excluding hydrogens is 470 g/mol. The minimum absolute atomic E-state index is 0.0514. The van der Waals surface area contributed by atoms with Crippen LogP contribution in [0.5, 0.6) is 0 Å². The molecule has 2 aliphatic rings. The van der Waals surface area contributed by atoms with Crippen LogP contribution < -0.4 is 9.80 Å². The Balaban J connectivity index is 1.40. The van der Waals surface area contributed by atoms with Crippen molar-refractivity contribution >= 4 is 33.3 Å². The molecule has 2 fully saturated rings. The molecule has 8 heteroatoms. The molecule has 0 aliphatic carbocycles. The van der Waals surface area contributed by atoms with E-state index in [1.165, 1.54) is 0 Å². The molecule has 0 spiro atoms. The lowest BCUT2D eigenvalue weighted by Gasteiger charge is -2.36. The van der Waals surface area contributed by atoms with Crippen LogP contribution in [0.1, 0.15) is 10.5 Å². The number of hydrogen-bond donors (Lipinski definition) is 1. The van der Waals surface area contributed by atoms with E-state index >= 15 is 0 Å². The van der Waals surface area contributed by atoms with Gasteiger partial charge in [0.15, 0.2) is 0 Å². The number of aromatic nitrogens is 2. The van der Waals surface area contributed by atoms with Gasteiger partial charge in [0, 0.05) is 61.7 Å². The number of halogens is 1. The van der Waals surface area contributed by atoms with Gasteiger partial charge in [-0.3, -0.25) is 4.79 Å². The molecule has 0 saturated carbocycles. The van der Waals surface area contributed by atoms with Crippen molar-refractivity contribution < 1.29 is 9.53 Å². The zero-order valence-corrected chi connectivity index (χ0v) is 19.4. The highest BCUT2D eigenvalue weighted by atomic mass is 79.9. The number of nitrogens with one attached hydrogen (secondary N) is 1. The number of piperazine rings is 1. The Bertz CT molecular complexity index is 1060. The summed E-state index contributed by atoms with van der Waals surface area (Å²) in [7, 11) is 0. The van der Waals surface area contributed by atoms with E-state index in [1.807, 2.05) is 47.6 Å². The van der Waals surface area contributed by atoms with Crippen molar-refractivity contribution in [1.29, 1.82) is 0 Å². The number of morpholine rings is 1. The second-order valence-electron chi connectivity index (χ2n) is 8.00. The number of anilines is 2. The Morgan fingerprint density at radius 1 is 0.938 bits per heavy atom. The first-order valence-electron chi connectivity index (χ1n) is 11.0. The Hall–Kier alpha value is -2.84. The lowest BCUT2D eigenvalue weighted by atomic mass is 10.1. The third-order valence-electron chi connectivity index (χ3n) is 6.09. The summed E-state index contributed by atoms with van der Waals surface area (Å²) in [4.78, 5) is 27.8. The van der Waals surface area contributed by atoms with Gasteiger partial charge in [-0.05, 0) is 29.8 Å². The van der Waals surface area contributed by atoms with Gasteiger partial charge in [0.25, 0.3) is 5.91 Å². The van der Waals surface area contributed by atoms with E-state index in [4.69, 9.17) is 4.74 Å². The van der Waals surface area contributed by atoms with E-state index in [2.05, 4.69) is 47.8 Å². The monoisotopic (exact) mass is 495 g/mol. The number of H-pyrrole nitrogens is 1. The van der Waals surface area contributed by atoms with Crippen molar-refractivity contribution in [2.24, 2.45) is 0 Å². The highest BCUT2D eigenvalue weighted by Gasteiger charge is 2.29. The number of benzene rings is 1. The predicted octanol–water partition coefficient (Wildman–Crippen LogP) is 3.64. The molecular formula is C24H26BrN5O2. The molecule has 1 N–H and O–H groups in total. The summed E-state index contributed by atoms with van der Waals surface area (Å²) in [6.45, 7) is 5.77. The fourth-order valence-electron chi connectivity index (χ4n) is 4.38. The number of nitrogens with zero attached hydrogens (tertiary/aromatic N) is 4. The van der Waals surface area contributed by atoms with Crippen LogP contribution in [-0.4, -0.2) is 73.3 Å². The van der Waals surface area contributed by atoms with Gasteiger partial charge in [-0.2, -0.15) is 0 Å². The molecule has 0 unspecified atom stereocenters. The molecule has 3 aromatic rings. The van der Waals surface area contributed by atoms with Crippen LogP contribution in [-0.2, 0) is 4.74 Å². The molecule has 0 atom stereocenters. The molecule has 1 aromatic carbocycles. The Morgan fingerprint density at radius 3 is 2.38 bits per heavy atom. The van der Waals surface area contributed by atoms with Gasteiger partial charge in [0.1, 0.15) is 11.5 Å². The smallest absolute Gasteiger partial charge is 0.272 e. The minimum atomic E-state index is 0.0514. The zero-order chi connectivity index (χ0) is 21.9. The van der Waals surface area contributed by atoms with Crippen LogP contribution in [0.4, 0.5) is 11.5 Å². The maximum absolute atomic E-state index is 13.6. The van der Waals surface area contributed by atoms with Crippen LogP contribution >= 0.6 is 15.9 Å². The largest absolute Gasteiger partial charge is 0.378 e. The summed E-state index contributed by atoms with van der Waals surface area (Å²) in [5.41, 5.74) is 3.78. The third kappa shape index (κ3) is 4.25. The maximum Gasteiger partial charge on any atom is 0.272 e. The van der Waals surface area contributed by atoms with Crippen molar-refractivity contribution in [3.8, 4) is 11.1 Å². The predicted molar refractivity (Wildman–Crippen MR) is 129 cm³/mol. The van der Waals surface area contributed by atoms with Gasteiger partial charge in [0.05, 0.1) is 18.9 Å². The van der Waals surface area contributed by atoms with Crippen LogP contribution in [0.15, 0.2) is 59.3 Å². The molecule has 166 valence electrons. The molecule has 0 radical (unpaired) electrons. The molecule has 5 rings (SSSR count). The molecule has 4 heterocycles. The number of amides is 1. The first kappa shape index (κ1) is 21.0. The Labute approximate surface area is 196 Å². The lowest BCUT2D eigenvalue weighted by Crippen LogP contribution is -2.49. The van der Waals surface area contributed by atoms with Gasteiger partial charge in [-0.15, -0.1) is 0 Å². The first-order chi connectivity index (χ1) is 15.7. The lowest BCUT2D eigenvalue weighted by molar-refractivity contribution is 0.0740. The highest BCUT2D eigenvalue weighted by Crippen LogP contribution is 2.36. The summed E-state index contributed by atoms with van der Waals surface area (Å²) in [6, 6.07) is 14.2. The second-order valence-corrected chi connectivity index (χ2v) is 8.92. The first-order valence-corrected chi connectivity index (χ1v) is 11.8. The second kappa shape index (κ2) is 9.34. The Kier molecular flexibility index (Phi) is 6.14. The topological polar surface area (TPSA) is 64.7 Å². The highest BCUT2D eigenvalue weighted by molar-refractivity contribution is 9.10. The van der Waals surface area contributed by atoms with Crippen LogP contribution in [0, 0.1) is 0 Å². The number of hydrogen-bond acceptors (Lipinski definition) is 5. The number of aromatic amines is 1. The average Bonchev–Trinajstić information content (AvgIpc) is 3.30. The molecule has 0 bridgehead atoms. The number of carbonyl (C=O) groups excluding carboxylic acids is 1. The van der Waals surface area contributed by atoms with E-state index < -0.39 is 0 Å². The number of pyridine rings is 1. The number of rotatable bonds is 4. The van der Waals surface area contributed by atoms with Crippen molar-refractivity contribution in [2.45, 2.75) is 0 Å². The van der Waals surface area contributed by atoms with Gasteiger partial charge in [-0.1, -0.05) is 34.1 Å². The third-order valence-corrected chi connectivity index (χ3v) is 6.62. The number of ether oxygens (including phenoxy) is 1. The van der Waals surface area contributed by atoms with Crippen molar-refractivity contribution in [3.63, 3.8) is 0 Å². The molecule has 2 aliphatic heterocycles. The fourth-order valence-corrected chi connectivity index (χ4v) is 4.65. The standard InChI is InChI=1S/C24H26BrN5O2/c25-19-6-4-18(5-7-19)20-17-27-22(23(20)29-13-15-32-16-14-29)24(31)30-11-9-28(10-12-30)21-3-1-2-8-26-21/h1-8,17,27H,9-16H2. The summed E-state index contributed by atoms with van der Waals surface area (Å²) in [5.74, 6) is 1.02. The fraction of sp³-hybridized carbons (Fsp3) is 0.333. The van der Waals surface area contributed by atoms with Crippen molar-refractivity contribution in [1.82, 2.24) is 14.9 Å². The average molecular weight is 496 g/mol. The van der Waals surface area contributed by atoms with Crippen LogP contribution in [0.3, 0.4) is 0 Å². The van der Waals surface area contributed by atoms with Gasteiger partial charge in [0.2, 0.25) is 0 Å². The SMILES string of the molecule is O=C(c1[nH]cc(-c2ccc(Br)cc2)c1N1CCOCC1)N1CCN(c2ccccn2)CC1. The summed E-state index contributed by atoms with van der Waals surface area (Å²) >= 11 is 3.51. The van der Waals surface area contributed by atoms with E-state index in [-0.39, 0.29) is 5.91 Å². The van der Waals surface area contributed by atoms with Gasteiger partial charge in [-0.25, -0.2) is 4.98 Å². The molecule has 32 heavy (non-hydrogen) atoms.